The SMILES string of the molecule is CCCC(Nc1cc(C#N)cc(C)n1)C(=O)O. The fourth-order valence-corrected chi connectivity index (χ4v) is 1.53. The van der Waals surface area contributed by atoms with Gasteiger partial charge in [0.1, 0.15) is 11.9 Å². The number of pyridine rings is 1. The average molecular weight is 233 g/mol. The Hall–Kier alpha value is -2.09. The van der Waals surface area contributed by atoms with Gasteiger partial charge in [-0.1, -0.05) is 13.3 Å². The van der Waals surface area contributed by atoms with E-state index in [1.807, 2.05) is 13.0 Å². The van der Waals surface area contributed by atoms with Crippen molar-refractivity contribution < 1.29 is 9.90 Å². The van der Waals surface area contributed by atoms with Gasteiger partial charge < -0.3 is 10.4 Å². The van der Waals surface area contributed by atoms with Crippen LogP contribution in [0, 0.1) is 18.3 Å². The molecule has 90 valence electrons. The van der Waals surface area contributed by atoms with Gasteiger partial charge in [0.25, 0.3) is 0 Å². The van der Waals surface area contributed by atoms with Crippen LogP contribution >= 0.6 is 0 Å². The molecule has 5 nitrogen and oxygen atoms in total. The van der Waals surface area contributed by atoms with Crippen molar-refractivity contribution >= 4 is 11.8 Å². The second kappa shape index (κ2) is 5.85. The normalized spacial score (nSPS) is 11.6. The molecule has 1 aromatic rings. The number of nitriles is 1. The maximum absolute atomic E-state index is 11.0. The molecular formula is C12H15N3O2. The molecule has 0 saturated heterocycles. The average Bonchev–Trinajstić information content (AvgIpc) is 2.27. The van der Waals surface area contributed by atoms with Crippen molar-refractivity contribution in [2.45, 2.75) is 32.7 Å². The highest BCUT2D eigenvalue weighted by atomic mass is 16.4. The van der Waals surface area contributed by atoms with E-state index in [9.17, 15) is 4.79 Å². The predicted octanol–water partition coefficient (Wildman–Crippen LogP) is 1.93. The summed E-state index contributed by atoms with van der Waals surface area (Å²) in [6.45, 7) is 3.68. The molecule has 0 aliphatic carbocycles. The van der Waals surface area contributed by atoms with Crippen molar-refractivity contribution in [1.82, 2.24) is 4.98 Å². The fraction of sp³-hybridized carbons (Fsp3) is 0.417. The number of aromatic nitrogens is 1. The molecule has 0 aromatic carbocycles. The van der Waals surface area contributed by atoms with Crippen LogP contribution in [-0.4, -0.2) is 22.1 Å². The monoisotopic (exact) mass is 233 g/mol. The lowest BCUT2D eigenvalue weighted by Crippen LogP contribution is -2.29. The molecule has 1 rings (SSSR count). The Bertz CT molecular complexity index is 452. The van der Waals surface area contributed by atoms with E-state index in [0.29, 0.717) is 23.5 Å². The molecule has 0 saturated carbocycles. The number of carboxylic acid groups (broad SMARTS) is 1. The van der Waals surface area contributed by atoms with Crippen LogP contribution in [0.5, 0.6) is 0 Å². The third kappa shape index (κ3) is 3.76. The molecule has 2 N–H and O–H groups in total. The quantitative estimate of drug-likeness (QED) is 0.811. The van der Waals surface area contributed by atoms with Crippen LogP contribution < -0.4 is 5.32 Å². The molecule has 1 heterocycles. The van der Waals surface area contributed by atoms with Gasteiger partial charge in [-0.15, -0.1) is 0 Å². The molecule has 0 amide bonds. The third-order valence-corrected chi connectivity index (χ3v) is 2.28. The minimum atomic E-state index is -0.909. The van der Waals surface area contributed by atoms with E-state index in [-0.39, 0.29) is 0 Å². The van der Waals surface area contributed by atoms with Gasteiger partial charge in [0.15, 0.2) is 0 Å². The van der Waals surface area contributed by atoms with Gasteiger partial charge in [-0.05, 0) is 25.5 Å². The maximum Gasteiger partial charge on any atom is 0.326 e. The zero-order chi connectivity index (χ0) is 12.8. The van der Waals surface area contributed by atoms with E-state index >= 15 is 0 Å². The second-order valence-corrected chi connectivity index (χ2v) is 3.82. The van der Waals surface area contributed by atoms with E-state index in [0.717, 1.165) is 6.42 Å². The number of carbonyl (C=O) groups is 1. The van der Waals surface area contributed by atoms with E-state index in [4.69, 9.17) is 10.4 Å². The highest BCUT2D eigenvalue weighted by Crippen LogP contribution is 2.12. The first-order valence-electron chi connectivity index (χ1n) is 5.45. The molecule has 17 heavy (non-hydrogen) atoms. The Morgan fingerprint density at radius 2 is 2.35 bits per heavy atom. The van der Waals surface area contributed by atoms with Gasteiger partial charge in [0.05, 0.1) is 11.6 Å². The Morgan fingerprint density at radius 3 is 2.88 bits per heavy atom. The van der Waals surface area contributed by atoms with Crippen molar-refractivity contribution in [3.05, 3.63) is 23.4 Å². The molecule has 1 aromatic heterocycles. The largest absolute Gasteiger partial charge is 0.480 e. The van der Waals surface area contributed by atoms with Gasteiger partial charge >= 0.3 is 5.97 Å². The van der Waals surface area contributed by atoms with Crippen LogP contribution in [0.1, 0.15) is 31.0 Å². The molecule has 1 unspecified atom stereocenters. The summed E-state index contributed by atoms with van der Waals surface area (Å²) in [7, 11) is 0. The summed E-state index contributed by atoms with van der Waals surface area (Å²) in [6.07, 6.45) is 1.29. The van der Waals surface area contributed by atoms with Gasteiger partial charge in [-0.3, -0.25) is 0 Å². The summed E-state index contributed by atoms with van der Waals surface area (Å²) in [6, 6.07) is 4.56. The van der Waals surface area contributed by atoms with Crippen LogP contribution in [0.15, 0.2) is 12.1 Å². The van der Waals surface area contributed by atoms with Crippen molar-refractivity contribution in [2.75, 3.05) is 5.32 Å². The number of carboxylic acids is 1. The summed E-state index contributed by atoms with van der Waals surface area (Å²) < 4.78 is 0. The molecule has 0 bridgehead atoms. The first-order chi connectivity index (χ1) is 8.06. The first kappa shape index (κ1) is 13.0. The topological polar surface area (TPSA) is 86.0 Å². The summed E-state index contributed by atoms with van der Waals surface area (Å²) in [5.41, 5.74) is 1.16. The highest BCUT2D eigenvalue weighted by molar-refractivity contribution is 5.76. The van der Waals surface area contributed by atoms with Crippen LogP contribution in [0.4, 0.5) is 5.82 Å². The highest BCUT2D eigenvalue weighted by Gasteiger charge is 2.16. The van der Waals surface area contributed by atoms with Crippen molar-refractivity contribution in [2.24, 2.45) is 0 Å². The van der Waals surface area contributed by atoms with Gasteiger partial charge in [0.2, 0.25) is 0 Å². The van der Waals surface area contributed by atoms with Gasteiger partial charge in [-0.25, -0.2) is 9.78 Å². The van der Waals surface area contributed by atoms with Crippen molar-refractivity contribution in [3.8, 4) is 6.07 Å². The Morgan fingerprint density at radius 1 is 1.65 bits per heavy atom. The molecular weight excluding hydrogens is 218 g/mol. The Balaban J connectivity index is 2.89. The molecule has 0 aliphatic rings. The van der Waals surface area contributed by atoms with Gasteiger partial charge in [-0.2, -0.15) is 5.26 Å². The molecule has 1 atom stereocenters. The van der Waals surface area contributed by atoms with Crippen molar-refractivity contribution in [3.63, 3.8) is 0 Å². The molecule has 0 fully saturated rings. The zero-order valence-electron chi connectivity index (χ0n) is 9.90. The lowest BCUT2D eigenvalue weighted by atomic mass is 10.1. The summed E-state index contributed by atoms with van der Waals surface area (Å²) in [4.78, 5) is 15.1. The Labute approximate surface area is 100 Å². The first-order valence-corrected chi connectivity index (χ1v) is 5.45. The number of aryl methyl sites for hydroxylation is 1. The minimum absolute atomic E-state index is 0.433. The second-order valence-electron chi connectivity index (χ2n) is 3.82. The van der Waals surface area contributed by atoms with Crippen LogP contribution in [0.3, 0.4) is 0 Å². The maximum atomic E-state index is 11.0. The van der Waals surface area contributed by atoms with E-state index in [2.05, 4.69) is 10.3 Å². The number of aliphatic carboxylic acids is 1. The molecule has 0 radical (unpaired) electrons. The number of nitrogens with one attached hydrogen (secondary N) is 1. The predicted molar refractivity (Wildman–Crippen MR) is 63.6 cm³/mol. The summed E-state index contributed by atoms with van der Waals surface area (Å²) >= 11 is 0. The van der Waals surface area contributed by atoms with E-state index in [1.165, 1.54) is 0 Å². The van der Waals surface area contributed by atoms with E-state index in [1.54, 1.807) is 19.1 Å². The molecule has 0 spiro atoms. The minimum Gasteiger partial charge on any atom is -0.480 e. The van der Waals surface area contributed by atoms with Crippen molar-refractivity contribution in [1.29, 1.82) is 5.26 Å². The third-order valence-electron chi connectivity index (χ3n) is 2.28. The fourth-order valence-electron chi connectivity index (χ4n) is 1.53. The van der Waals surface area contributed by atoms with Crippen LogP contribution in [0.2, 0.25) is 0 Å². The zero-order valence-corrected chi connectivity index (χ0v) is 9.90. The van der Waals surface area contributed by atoms with E-state index < -0.39 is 12.0 Å². The molecule has 0 aliphatic heterocycles. The standard InChI is InChI=1S/C12H15N3O2/c1-3-4-10(12(16)17)15-11-6-9(7-13)5-8(2)14-11/h5-6,10H,3-4H2,1-2H3,(H,14,15)(H,16,17). The summed E-state index contributed by atoms with van der Waals surface area (Å²) in [5, 5.41) is 20.7. The number of hydrogen-bond acceptors (Lipinski definition) is 4. The number of nitrogens with zero attached hydrogens (tertiary/aromatic N) is 2. The summed E-state index contributed by atoms with van der Waals surface area (Å²) in [5.74, 6) is -0.476. The molecule has 5 heteroatoms. The van der Waals surface area contributed by atoms with Crippen LogP contribution in [0.25, 0.3) is 0 Å². The Kier molecular flexibility index (Phi) is 4.46. The number of rotatable bonds is 5. The van der Waals surface area contributed by atoms with Gasteiger partial charge in [0, 0.05) is 5.69 Å². The lowest BCUT2D eigenvalue weighted by Gasteiger charge is -2.14. The lowest BCUT2D eigenvalue weighted by molar-refractivity contribution is -0.138. The number of hydrogen-bond donors (Lipinski definition) is 2. The number of anilines is 1. The smallest absolute Gasteiger partial charge is 0.326 e. The van der Waals surface area contributed by atoms with Crippen LogP contribution in [-0.2, 0) is 4.79 Å².